The maximum atomic E-state index is 11.2. The summed E-state index contributed by atoms with van der Waals surface area (Å²) in [7, 11) is -0.726. The smallest absolute Gasteiger partial charge is 0.140 e. The van der Waals surface area contributed by atoms with Crippen LogP contribution >= 0.6 is 31.9 Å². The molecule has 0 aliphatic carbocycles. The van der Waals surface area contributed by atoms with E-state index in [-0.39, 0.29) is 0 Å². The van der Waals surface area contributed by atoms with Crippen LogP contribution < -0.4 is 5.32 Å². The lowest BCUT2D eigenvalue weighted by Gasteiger charge is -2.06. The molecule has 0 spiro atoms. The van der Waals surface area contributed by atoms with Crippen LogP contribution in [-0.2, 0) is 10.8 Å². The van der Waals surface area contributed by atoms with E-state index in [1.54, 1.807) is 6.20 Å². The van der Waals surface area contributed by atoms with Gasteiger partial charge in [0.2, 0.25) is 0 Å². The molecule has 0 aliphatic rings. The van der Waals surface area contributed by atoms with Crippen molar-refractivity contribution in [3.8, 4) is 0 Å². The molecule has 3 nitrogen and oxygen atoms in total. The molecule has 1 aromatic rings. The molecule has 0 fully saturated rings. The molecule has 0 aromatic carbocycles. The van der Waals surface area contributed by atoms with Gasteiger partial charge in [0, 0.05) is 39.5 Å². The summed E-state index contributed by atoms with van der Waals surface area (Å²) in [6, 6.07) is 1.92. The Balaban J connectivity index is 2.47. The molecule has 1 aromatic heterocycles. The normalized spacial score (nSPS) is 12.5. The highest BCUT2D eigenvalue weighted by atomic mass is 79.9. The van der Waals surface area contributed by atoms with Crippen LogP contribution in [0, 0.1) is 0 Å². The summed E-state index contributed by atoms with van der Waals surface area (Å²) >= 11 is 6.73. The van der Waals surface area contributed by atoms with Crippen molar-refractivity contribution in [3.63, 3.8) is 0 Å². The summed E-state index contributed by atoms with van der Waals surface area (Å²) in [4.78, 5) is 4.20. The molecular formula is C9H12Br2N2OS. The Labute approximate surface area is 109 Å². The van der Waals surface area contributed by atoms with Crippen molar-refractivity contribution < 1.29 is 4.21 Å². The molecule has 1 heterocycles. The Morgan fingerprint density at radius 1 is 1.53 bits per heavy atom. The first-order valence-corrected chi connectivity index (χ1v) is 7.60. The first-order valence-electron chi connectivity index (χ1n) is 4.53. The predicted octanol–water partition coefficient (Wildman–Crippen LogP) is 2.79. The second-order valence-corrected chi connectivity index (χ2v) is 6.48. The SMILES string of the molecule is CCS(=O)CCNc1ncc(Br)cc1Br. The van der Waals surface area contributed by atoms with E-state index in [0.29, 0.717) is 18.1 Å². The molecule has 1 atom stereocenters. The van der Waals surface area contributed by atoms with Crippen LogP contribution in [0.15, 0.2) is 21.2 Å². The summed E-state index contributed by atoms with van der Waals surface area (Å²) in [6.07, 6.45) is 1.73. The first-order chi connectivity index (χ1) is 7.13. The fourth-order valence-electron chi connectivity index (χ4n) is 0.972. The zero-order valence-corrected chi connectivity index (χ0v) is 12.3. The second kappa shape index (κ2) is 6.60. The van der Waals surface area contributed by atoms with E-state index in [1.165, 1.54) is 0 Å². The van der Waals surface area contributed by atoms with E-state index >= 15 is 0 Å². The van der Waals surface area contributed by atoms with E-state index in [2.05, 4.69) is 42.2 Å². The minimum atomic E-state index is -0.726. The topological polar surface area (TPSA) is 42.0 Å². The molecule has 0 bridgehead atoms. The van der Waals surface area contributed by atoms with Crippen molar-refractivity contribution in [2.45, 2.75) is 6.92 Å². The molecule has 0 amide bonds. The summed E-state index contributed by atoms with van der Waals surface area (Å²) < 4.78 is 13.0. The highest BCUT2D eigenvalue weighted by Gasteiger charge is 2.02. The third kappa shape index (κ3) is 4.61. The molecule has 1 N–H and O–H groups in total. The van der Waals surface area contributed by atoms with Crippen LogP contribution in [0.4, 0.5) is 5.82 Å². The second-order valence-electron chi connectivity index (χ2n) is 2.84. The van der Waals surface area contributed by atoms with Crippen molar-refractivity contribution in [1.82, 2.24) is 4.98 Å². The van der Waals surface area contributed by atoms with E-state index in [0.717, 1.165) is 14.8 Å². The number of nitrogens with zero attached hydrogens (tertiary/aromatic N) is 1. The van der Waals surface area contributed by atoms with E-state index < -0.39 is 10.8 Å². The maximum Gasteiger partial charge on any atom is 0.140 e. The average molecular weight is 356 g/mol. The van der Waals surface area contributed by atoms with Gasteiger partial charge in [-0.15, -0.1) is 0 Å². The van der Waals surface area contributed by atoms with Crippen molar-refractivity contribution in [1.29, 1.82) is 0 Å². The molecule has 0 saturated heterocycles. The lowest BCUT2D eigenvalue weighted by Crippen LogP contribution is -2.13. The van der Waals surface area contributed by atoms with Crippen LogP contribution in [0.5, 0.6) is 0 Å². The maximum absolute atomic E-state index is 11.2. The highest BCUT2D eigenvalue weighted by molar-refractivity contribution is 9.11. The van der Waals surface area contributed by atoms with Gasteiger partial charge in [0.25, 0.3) is 0 Å². The first kappa shape index (κ1) is 13.1. The Hall–Kier alpha value is 0.0600. The average Bonchev–Trinajstić information content (AvgIpc) is 2.21. The van der Waals surface area contributed by atoms with E-state index in [9.17, 15) is 4.21 Å². The van der Waals surface area contributed by atoms with Crippen molar-refractivity contribution in [3.05, 3.63) is 21.2 Å². The third-order valence-electron chi connectivity index (χ3n) is 1.75. The van der Waals surface area contributed by atoms with Crippen LogP contribution in [0.25, 0.3) is 0 Å². The van der Waals surface area contributed by atoms with Gasteiger partial charge in [0.05, 0.1) is 4.47 Å². The Morgan fingerprint density at radius 3 is 2.87 bits per heavy atom. The summed E-state index contributed by atoms with van der Waals surface area (Å²) in [5.41, 5.74) is 0. The van der Waals surface area contributed by atoms with Gasteiger partial charge in [-0.1, -0.05) is 6.92 Å². The Kier molecular flexibility index (Phi) is 5.78. The van der Waals surface area contributed by atoms with E-state index in [4.69, 9.17) is 0 Å². The van der Waals surface area contributed by atoms with Crippen LogP contribution in [0.1, 0.15) is 6.92 Å². The summed E-state index contributed by atoms with van der Waals surface area (Å²) in [5, 5.41) is 3.13. The van der Waals surface area contributed by atoms with Gasteiger partial charge in [-0.25, -0.2) is 4.98 Å². The fourth-order valence-corrected chi connectivity index (χ4v) is 2.72. The van der Waals surface area contributed by atoms with Crippen LogP contribution in [-0.4, -0.2) is 27.2 Å². The molecule has 0 radical (unpaired) electrons. The molecule has 6 heteroatoms. The lowest BCUT2D eigenvalue weighted by atomic mass is 10.4. The molecule has 84 valence electrons. The highest BCUT2D eigenvalue weighted by Crippen LogP contribution is 2.23. The zero-order valence-electron chi connectivity index (χ0n) is 8.30. The molecule has 1 rings (SSSR count). The fraction of sp³-hybridized carbons (Fsp3) is 0.444. The number of rotatable bonds is 5. The van der Waals surface area contributed by atoms with Gasteiger partial charge in [-0.05, 0) is 37.9 Å². The quantitative estimate of drug-likeness (QED) is 0.883. The largest absolute Gasteiger partial charge is 0.368 e. The van der Waals surface area contributed by atoms with Gasteiger partial charge in [-0.2, -0.15) is 0 Å². The standard InChI is InChI=1S/C9H12Br2N2OS/c1-2-15(14)4-3-12-9-8(11)5-7(10)6-13-9/h5-6H,2-4H2,1H3,(H,12,13). The van der Waals surface area contributed by atoms with Gasteiger partial charge in [0.1, 0.15) is 5.82 Å². The molecule has 0 saturated carbocycles. The lowest BCUT2D eigenvalue weighted by molar-refractivity contribution is 0.684. The van der Waals surface area contributed by atoms with Crippen molar-refractivity contribution >= 4 is 48.5 Å². The Bertz CT molecular complexity index is 360. The zero-order chi connectivity index (χ0) is 11.3. The number of aromatic nitrogens is 1. The van der Waals surface area contributed by atoms with Gasteiger partial charge < -0.3 is 5.32 Å². The molecule has 15 heavy (non-hydrogen) atoms. The third-order valence-corrected chi connectivity index (χ3v) is 4.09. The predicted molar refractivity (Wildman–Crippen MR) is 71.7 cm³/mol. The number of pyridine rings is 1. The summed E-state index contributed by atoms with van der Waals surface area (Å²) in [6.45, 7) is 2.59. The minimum absolute atomic E-state index is 0.653. The van der Waals surface area contributed by atoms with Gasteiger partial charge >= 0.3 is 0 Å². The molecule has 0 aliphatic heterocycles. The number of anilines is 1. The van der Waals surface area contributed by atoms with Crippen molar-refractivity contribution in [2.75, 3.05) is 23.4 Å². The van der Waals surface area contributed by atoms with E-state index in [1.807, 2.05) is 13.0 Å². The minimum Gasteiger partial charge on any atom is -0.368 e. The van der Waals surface area contributed by atoms with Gasteiger partial charge in [-0.3, -0.25) is 4.21 Å². The number of hydrogen-bond donors (Lipinski definition) is 1. The summed E-state index contributed by atoms with van der Waals surface area (Å²) in [5.74, 6) is 2.14. The van der Waals surface area contributed by atoms with Crippen LogP contribution in [0.3, 0.4) is 0 Å². The molecule has 1 unspecified atom stereocenters. The number of halogens is 2. The Morgan fingerprint density at radius 2 is 2.27 bits per heavy atom. The molecular weight excluding hydrogens is 344 g/mol. The van der Waals surface area contributed by atoms with Gasteiger partial charge in [0.15, 0.2) is 0 Å². The van der Waals surface area contributed by atoms with Crippen LogP contribution in [0.2, 0.25) is 0 Å². The monoisotopic (exact) mass is 354 g/mol. The number of hydrogen-bond acceptors (Lipinski definition) is 3. The number of nitrogens with one attached hydrogen (secondary N) is 1. The van der Waals surface area contributed by atoms with Crippen molar-refractivity contribution in [2.24, 2.45) is 0 Å².